The summed E-state index contributed by atoms with van der Waals surface area (Å²) in [6.07, 6.45) is 5.30. The highest BCUT2D eigenvalue weighted by atomic mass is 16.3. The van der Waals surface area contributed by atoms with Crippen LogP contribution in [0.15, 0.2) is 89.7 Å². The third kappa shape index (κ3) is 3.81. The third-order valence-corrected chi connectivity index (χ3v) is 6.62. The van der Waals surface area contributed by atoms with Gasteiger partial charge in [-0.15, -0.1) is 0 Å². The first-order chi connectivity index (χ1) is 17.6. The topological polar surface area (TPSA) is 94.5 Å². The Kier molecular flexibility index (Phi) is 5.30. The van der Waals surface area contributed by atoms with E-state index in [-0.39, 0.29) is 24.5 Å². The maximum absolute atomic E-state index is 14.0. The van der Waals surface area contributed by atoms with E-state index in [9.17, 15) is 9.59 Å². The van der Waals surface area contributed by atoms with Crippen LogP contribution >= 0.6 is 0 Å². The van der Waals surface area contributed by atoms with Gasteiger partial charge in [-0.3, -0.25) is 9.69 Å². The number of amides is 3. The van der Waals surface area contributed by atoms with Gasteiger partial charge in [0.25, 0.3) is 0 Å². The molecule has 1 saturated carbocycles. The van der Waals surface area contributed by atoms with Crippen molar-refractivity contribution in [3.63, 3.8) is 0 Å². The molecule has 0 radical (unpaired) electrons. The van der Waals surface area contributed by atoms with E-state index >= 15 is 0 Å². The van der Waals surface area contributed by atoms with Crippen molar-refractivity contribution in [1.82, 2.24) is 9.47 Å². The highest BCUT2D eigenvalue weighted by Crippen LogP contribution is 2.42. The number of hydrogen-bond donors (Lipinski definition) is 1. The molecule has 8 nitrogen and oxygen atoms in total. The molecule has 0 saturated heterocycles. The number of carbonyl (C=O) groups excluding carboxylic acids is 2. The van der Waals surface area contributed by atoms with Crippen molar-refractivity contribution in [2.45, 2.75) is 24.9 Å². The van der Waals surface area contributed by atoms with Crippen LogP contribution in [0.1, 0.15) is 35.9 Å². The summed E-state index contributed by atoms with van der Waals surface area (Å²) in [5, 5.41) is 11.9. The van der Waals surface area contributed by atoms with Crippen molar-refractivity contribution in [3.8, 4) is 11.8 Å². The zero-order valence-corrected chi connectivity index (χ0v) is 19.4. The fraction of sp³-hybridized carbons (Fsp3) is 0.179. The molecule has 1 aliphatic heterocycles. The van der Waals surface area contributed by atoms with Gasteiger partial charge in [0.2, 0.25) is 5.91 Å². The zero-order chi connectivity index (χ0) is 24.6. The van der Waals surface area contributed by atoms with Crippen molar-refractivity contribution in [3.05, 3.63) is 102 Å². The quantitative estimate of drug-likeness (QED) is 0.434. The minimum absolute atomic E-state index is 0.0123. The number of anilines is 2. The number of nitrogens with one attached hydrogen (secondary N) is 1. The van der Waals surface area contributed by atoms with Gasteiger partial charge in [0.05, 0.1) is 35.0 Å². The average Bonchev–Trinajstić information content (AvgIpc) is 3.37. The van der Waals surface area contributed by atoms with Gasteiger partial charge >= 0.3 is 6.03 Å². The molecule has 1 N–H and O–H groups in total. The lowest BCUT2D eigenvalue weighted by atomic mass is 10.0. The van der Waals surface area contributed by atoms with Gasteiger partial charge in [-0.2, -0.15) is 5.26 Å². The minimum atomic E-state index is -0.458. The number of urea groups is 1. The Morgan fingerprint density at radius 2 is 1.78 bits per heavy atom. The Balaban J connectivity index is 1.32. The van der Waals surface area contributed by atoms with E-state index in [2.05, 4.69) is 16.0 Å². The van der Waals surface area contributed by atoms with Gasteiger partial charge in [0, 0.05) is 17.9 Å². The molecule has 3 heterocycles. The van der Waals surface area contributed by atoms with Gasteiger partial charge in [-0.1, -0.05) is 12.1 Å². The molecule has 0 spiro atoms. The van der Waals surface area contributed by atoms with Gasteiger partial charge in [-0.25, -0.2) is 4.79 Å². The van der Waals surface area contributed by atoms with Crippen LogP contribution in [0.3, 0.4) is 0 Å². The number of nitrogens with zero attached hydrogens (tertiary/aromatic N) is 4. The molecule has 2 aliphatic rings. The fourth-order valence-electron chi connectivity index (χ4n) is 4.78. The molecule has 3 amide bonds. The van der Waals surface area contributed by atoms with Crippen molar-refractivity contribution >= 4 is 23.3 Å². The number of furan rings is 1. The summed E-state index contributed by atoms with van der Waals surface area (Å²) in [6.45, 7) is -0.0704. The predicted octanol–water partition coefficient (Wildman–Crippen LogP) is 5.07. The lowest BCUT2D eigenvalue weighted by molar-refractivity contribution is -0.119. The van der Waals surface area contributed by atoms with Crippen LogP contribution < -0.4 is 10.2 Å². The standard InChI is InChI=1S/C28H23N5O3/c29-17-19-9-11-20(12-10-19)30-28(35)32(21-13-14-21)18-26(34)33-23-6-2-1-5-22(23)31-15-3-7-24(31)27(33)25-8-4-16-36-25/h1-12,15-16,21,27H,13-14,18H2,(H,30,35). The zero-order valence-electron chi connectivity index (χ0n) is 19.4. The second kappa shape index (κ2) is 8.78. The molecule has 1 fully saturated rings. The Morgan fingerprint density at radius 1 is 1.00 bits per heavy atom. The van der Waals surface area contributed by atoms with Crippen LogP contribution in [0, 0.1) is 11.3 Å². The van der Waals surface area contributed by atoms with E-state index in [1.165, 1.54) is 0 Å². The molecule has 2 aromatic heterocycles. The van der Waals surface area contributed by atoms with Crippen LogP contribution in [0.25, 0.3) is 5.69 Å². The Labute approximate surface area is 208 Å². The fourth-order valence-corrected chi connectivity index (χ4v) is 4.78. The SMILES string of the molecule is N#Cc1ccc(NC(=O)N(CC(=O)N2c3ccccc3-n3cccc3C2c2ccco2)C2CC2)cc1. The Morgan fingerprint density at radius 3 is 2.47 bits per heavy atom. The first-order valence-corrected chi connectivity index (χ1v) is 11.8. The predicted molar refractivity (Wildman–Crippen MR) is 134 cm³/mol. The Bertz CT molecular complexity index is 1460. The maximum Gasteiger partial charge on any atom is 0.322 e. The van der Waals surface area contributed by atoms with E-state index in [1.807, 2.05) is 54.7 Å². The molecule has 6 rings (SSSR count). The number of hydrogen-bond acceptors (Lipinski definition) is 4. The number of rotatable bonds is 5. The molecule has 1 atom stereocenters. The van der Waals surface area contributed by atoms with Gasteiger partial charge in [0.1, 0.15) is 18.3 Å². The summed E-state index contributed by atoms with van der Waals surface area (Å²) in [6, 6.07) is 23.3. The van der Waals surface area contributed by atoms with Crippen molar-refractivity contribution in [2.75, 3.05) is 16.8 Å². The number of fused-ring (bicyclic) bond motifs is 3. The van der Waals surface area contributed by atoms with Crippen molar-refractivity contribution in [2.24, 2.45) is 0 Å². The molecule has 2 aromatic carbocycles. The van der Waals surface area contributed by atoms with Gasteiger partial charge < -0.3 is 19.2 Å². The summed E-state index contributed by atoms with van der Waals surface area (Å²) in [5.41, 5.74) is 3.66. The van der Waals surface area contributed by atoms with Crippen LogP contribution in [0.4, 0.5) is 16.2 Å². The second-order valence-corrected chi connectivity index (χ2v) is 8.95. The molecule has 1 unspecified atom stereocenters. The van der Waals surface area contributed by atoms with E-state index in [0.717, 1.165) is 29.9 Å². The first-order valence-electron chi connectivity index (χ1n) is 11.8. The molecule has 1 aliphatic carbocycles. The normalized spacial score (nSPS) is 16.0. The van der Waals surface area contributed by atoms with Crippen LogP contribution in [-0.2, 0) is 4.79 Å². The maximum atomic E-state index is 14.0. The number of nitriles is 1. The van der Waals surface area contributed by atoms with E-state index in [1.54, 1.807) is 40.3 Å². The van der Waals surface area contributed by atoms with E-state index < -0.39 is 6.04 Å². The highest BCUT2D eigenvalue weighted by Gasteiger charge is 2.40. The molecular weight excluding hydrogens is 454 g/mol. The summed E-state index contributed by atoms with van der Waals surface area (Å²) >= 11 is 0. The second-order valence-electron chi connectivity index (χ2n) is 8.95. The van der Waals surface area contributed by atoms with E-state index in [0.29, 0.717) is 17.0 Å². The van der Waals surface area contributed by atoms with Crippen LogP contribution in [0.2, 0.25) is 0 Å². The number of benzene rings is 2. The molecule has 0 bridgehead atoms. The number of aromatic nitrogens is 1. The molecule has 178 valence electrons. The summed E-state index contributed by atoms with van der Waals surface area (Å²) in [5.74, 6) is 0.455. The number of para-hydroxylation sites is 2. The summed E-state index contributed by atoms with van der Waals surface area (Å²) in [4.78, 5) is 30.6. The summed E-state index contributed by atoms with van der Waals surface area (Å²) in [7, 11) is 0. The minimum Gasteiger partial charge on any atom is -0.467 e. The van der Waals surface area contributed by atoms with Gasteiger partial charge in [-0.05, 0) is 73.5 Å². The lowest BCUT2D eigenvalue weighted by Crippen LogP contribution is -2.48. The largest absolute Gasteiger partial charge is 0.467 e. The van der Waals surface area contributed by atoms with Crippen molar-refractivity contribution < 1.29 is 14.0 Å². The smallest absolute Gasteiger partial charge is 0.322 e. The third-order valence-electron chi connectivity index (χ3n) is 6.62. The average molecular weight is 478 g/mol. The van der Waals surface area contributed by atoms with Crippen LogP contribution in [-0.4, -0.2) is 34.0 Å². The lowest BCUT2D eigenvalue weighted by Gasteiger charge is -2.38. The summed E-state index contributed by atoms with van der Waals surface area (Å²) < 4.78 is 7.85. The van der Waals surface area contributed by atoms with E-state index in [4.69, 9.17) is 9.68 Å². The number of carbonyl (C=O) groups is 2. The molecule has 8 heteroatoms. The molecule has 4 aromatic rings. The van der Waals surface area contributed by atoms with Crippen LogP contribution in [0.5, 0.6) is 0 Å². The molecular formula is C28H23N5O3. The van der Waals surface area contributed by atoms with Crippen molar-refractivity contribution in [1.29, 1.82) is 5.26 Å². The first kappa shape index (κ1) is 21.7. The molecule has 36 heavy (non-hydrogen) atoms. The highest BCUT2D eigenvalue weighted by molar-refractivity contribution is 6.01. The van der Waals surface area contributed by atoms with Gasteiger partial charge in [0.15, 0.2) is 0 Å². The Hall–Kier alpha value is -4.77. The monoisotopic (exact) mass is 477 g/mol.